The van der Waals surface area contributed by atoms with Gasteiger partial charge in [0, 0.05) is 19.5 Å². The van der Waals surface area contributed by atoms with Crippen LogP contribution in [0.1, 0.15) is 20.3 Å². The van der Waals surface area contributed by atoms with E-state index in [-0.39, 0.29) is 12.1 Å². The van der Waals surface area contributed by atoms with Crippen LogP contribution in [-0.4, -0.2) is 55.9 Å². The van der Waals surface area contributed by atoms with Crippen LogP contribution in [0, 0.1) is 0 Å². The van der Waals surface area contributed by atoms with E-state index >= 15 is 0 Å². The summed E-state index contributed by atoms with van der Waals surface area (Å²) in [5, 5.41) is 0. The largest absolute Gasteiger partial charge is 0.465 e. The number of carbonyl (C=O) groups is 1. The number of carbonyl (C=O) groups excluding carboxylic acids is 1. The van der Waals surface area contributed by atoms with Crippen LogP contribution >= 0.6 is 0 Å². The van der Waals surface area contributed by atoms with Crippen molar-refractivity contribution in [3.05, 3.63) is 0 Å². The molecule has 5 heteroatoms. The lowest BCUT2D eigenvalue weighted by Crippen LogP contribution is -2.46. The predicted octanol–water partition coefficient (Wildman–Crippen LogP) is -0.0124. The molecule has 1 aliphatic heterocycles. The maximum atomic E-state index is 11.4. The van der Waals surface area contributed by atoms with Crippen molar-refractivity contribution in [2.24, 2.45) is 5.73 Å². The van der Waals surface area contributed by atoms with Gasteiger partial charge >= 0.3 is 5.97 Å². The van der Waals surface area contributed by atoms with Gasteiger partial charge in [0.1, 0.15) is 6.04 Å². The third-order valence-electron chi connectivity index (χ3n) is 2.78. The van der Waals surface area contributed by atoms with E-state index in [4.69, 9.17) is 15.2 Å². The van der Waals surface area contributed by atoms with Gasteiger partial charge < -0.3 is 15.2 Å². The molecule has 0 aromatic heterocycles. The third kappa shape index (κ3) is 4.08. The number of hydrogen-bond donors (Lipinski definition) is 1. The zero-order chi connectivity index (χ0) is 12.0. The number of esters is 1. The summed E-state index contributed by atoms with van der Waals surface area (Å²) in [4.78, 5) is 13.6. The molecule has 0 saturated carbocycles. The van der Waals surface area contributed by atoms with Crippen LogP contribution in [0.4, 0.5) is 0 Å². The standard InChI is InChI=1S/C11H22N2O3/c1-3-13-5-6-16-9(8-13)7-10(12)11(14)15-4-2/h9-10H,3-8,12H2,1-2H3. The average Bonchev–Trinajstić information content (AvgIpc) is 2.29. The molecule has 1 rings (SSSR count). The minimum absolute atomic E-state index is 0.0492. The first-order valence-electron chi connectivity index (χ1n) is 5.93. The first-order valence-corrected chi connectivity index (χ1v) is 5.93. The molecule has 0 radical (unpaired) electrons. The fourth-order valence-corrected chi connectivity index (χ4v) is 1.84. The van der Waals surface area contributed by atoms with Gasteiger partial charge in [-0.2, -0.15) is 0 Å². The normalized spacial score (nSPS) is 24.1. The molecule has 0 aliphatic carbocycles. The highest BCUT2D eigenvalue weighted by molar-refractivity contribution is 5.75. The fraction of sp³-hybridized carbons (Fsp3) is 0.909. The second-order valence-corrected chi connectivity index (χ2v) is 3.98. The Labute approximate surface area is 96.9 Å². The molecular weight excluding hydrogens is 208 g/mol. The van der Waals surface area contributed by atoms with Crippen molar-refractivity contribution in [1.29, 1.82) is 0 Å². The van der Waals surface area contributed by atoms with Crippen molar-refractivity contribution >= 4 is 5.97 Å². The van der Waals surface area contributed by atoms with Crippen LogP contribution in [0.5, 0.6) is 0 Å². The van der Waals surface area contributed by atoms with Gasteiger partial charge in [0.2, 0.25) is 0 Å². The number of nitrogens with zero attached hydrogens (tertiary/aromatic N) is 1. The molecule has 0 aromatic carbocycles. The zero-order valence-corrected chi connectivity index (χ0v) is 10.1. The van der Waals surface area contributed by atoms with Gasteiger partial charge in [-0.3, -0.25) is 9.69 Å². The Morgan fingerprint density at radius 2 is 2.38 bits per heavy atom. The lowest BCUT2D eigenvalue weighted by molar-refractivity contribution is -0.146. The number of likely N-dealkylation sites (N-methyl/N-ethyl adjacent to an activating group) is 1. The number of rotatable bonds is 5. The summed E-state index contributed by atoms with van der Waals surface area (Å²) in [7, 11) is 0. The number of morpholine rings is 1. The molecule has 16 heavy (non-hydrogen) atoms. The van der Waals surface area contributed by atoms with Gasteiger partial charge in [-0.1, -0.05) is 6.92 Å². The molecule has 2 unspecified atom stereocenters. The molecule has 0 bridgehead atoms. The topological polar surface area (TPSA) is 64.8 Å². The molecule has 0 amide bonds. The van der Waals surface area contributed by atoms with Crippen molar-refractivity contribution in [2.45, 2.75) is 32.4 Å². The quantitative estimate of drug-likeness (QED) is 0.673. The van der Waals surface area contributed by atoms with Gasteiger partial charge in [0.25, 0.3) is 0 Å². The van der Waals surface area contributed by atoms with E-state index in [9.17, 15) is 4.79 Å². The molecule has 0 aromatic rings. The summed E-state index contributed by atoms with van der Waals surface area (Å²) in [6.45, 7) is 7.81. The highest BCUT2D eigenvalue weighted by Crippen LogP contribution is 2.10. The van der Waals surface area contributed by atoms with Gasteiger partial charge in [0.15, 0.2) is 0 Å². The van der Waals surface area contributed by atoms with Crippen LogP contribution in [0.15, 0.2) is 0 Å². The van der Waals surface area contributed by atoms with Crippen LogP contribution in [0.3, 0.4) is 0 Å². The molecule has 1 saturated heterocycles. The number of hydrogen-bond acceptors (Lipinski definition) is 5. The number of nitrogens with two attached hydrogens (primary N) is 1. The number of ether oxygens (including phenoxy) is 2. The first kappa shape index (κ1) is 13.4. The van der Waals surface area contributed by atoms with E-state index in [0.717, 1.165) is 19.6 Å². The van der Waals surface area contributed by atoms with Crippen molar-refractivity contribution in [3.63, 3.8) is 0 Å². The summed E-state index contributed by atoms with van der Waals surface area (Å²) in [5.74, 6) is -0.334. The maximum absolute atomic E-state index is 11.4. The van der Waals surface area contributed by atoms with Crippen molar-refractivity contribution in [2.75, 3.05) is 32.8 Å². The van der Waals surface area contributed by atoms with Gasteiger partial charge in [-0.25, -0.2) is 0 Å². The summed E-state index contributed by atoms with van der Waals surface area (Å²) >= 11 is 0. The smallest absolute Gasteiger partial charge is 0.322 e. The van der Waals surface area contributed by atoms with Gasteiger partial charge in [-0.15, -0.1) is 0 Å². The van der Waals surface area contributed by atoms with Crippen molar-refractivity contribution < 1.29 is 14.3 Å². The Kier molecular flexibility index (Phi) is 5.73. The third-order valence-corrected chi connectivity index (χ3v) is 2.78. The van der Waals surface area contributed by atoms with Gasteiger partial charge in [-0.05, 0) is 13.5 Å². The zero-order valence-electron chi connectivity index (χ0n) is 10.1. The Morgan fingerprint density at radius 1 is 1.62 bits per heavy atom. The van der Waals surface area contributed by atoms with E-state index in [1.165, 1.54) is 0 Å². The first-order chi connectivity index (χ1) is 7.67. The van der Waals surface area contributed by atoms with E-state index in [0.29, 0.717) is 19.6 Å². The van der Waals surface area contributed by atoms with E-state index in [2.05, 4.69) is 11.8 Å². The SMILES string of the molecule is CCOC(=O)C(N)CC1CN(CC)CCO1. The lowest BCUT2D eigenvalue weighted by atomic mass is 10.1. The Bertz CT molecular complexity index is 223. The lowest BCUT2D eigenvalue weighted by Gasteiger charge is -2.32. The van der Waals surface area contributed by atoms with Crippen molar-refractivity contribution in [3.8, 4) is 0 Å². The average molecular weight is 230 g/mol. The predicted molar refractivity (Wildman–Crippen MR) is 61.1 cm³/mol. The van der Waals surface area contributed by atoms with Crippen LogP contribution in [0.2, 0.25) is 0 Å². The molecule has 0 spiro atoms. The summed E-state index contributed by atoms with van der Waals surface area (Å²) in [6.07, 6.45) is 0.586. The minimum atomic E-state index is -0.568. The van der Waals surface area contributed by atoms with E-state index in [1.54, 1.807) is 6.92 Å². The molecule has 1 aliphatic rings. The Balaban J connectivity index is 2.32. The molecule has 1 heterocycles. The molecule has 2 N–H and O–H groups in total. The fourth-order valence-electron chi connectivity index (χ4n) is 1.84. The van der Waals surface area contributed by atoms with Crippen molar-refractivity contribution in [1.82, 2.24) is 4.90 Å². The maximum Gasteiger partial charge on any atom is 0.322 e. The Morgan fingerprint density at radius 3 is 3.00 bits per heavy atom. The molecular formula is C11H22N2O3. The van der Waals surface area contributed by atoms with E-state index in [1.807, 2.05) is 0 Å². The molecule has 1 fully saturated rings. The molecule has 2 atom stereocenters. The second kappa shape index (κ2) is 6.83. The van der Waals surface area contributed by atoms with Crippen LogP contribution in [-0.2, 0) is 14.3 Å². The van der Waals surface area contributed by atoms with Crippen LogP contribution < -0.4 is 5.73 Å². The summed E-state index contributed by atoms with van der Waals surface area (Å²) in [6, 6.07) is -0.568. The minimum Gasteiger partial charge on any atom is -0.465 e. The summed E-state index contributed by atoms with van der Waals surface area (Å²) in [5.41, 5.74) is 5.75. The highest BCUT2D eigenvalue weighted by Gasteiger charge is 2.25. The van der Waals surface area contributed by atoms with Gasteiger partial charge in [0.05, 0.1) is 19.3 Å². The van der Waals surface area contributed by atoms with Crippen LogP contribution in [0.25, 0.3) is 0 Å². The summed E-state index contributed by atoms with van der Waals surface area (Å²) < 4.78 is 10.4. The molecule has 94 valence electrons. The monoisotopic (exact) mass is 230 g/mol. The molecule has 5 nitrogen and oxygen atoms in total. The highest BCUT2D eigenvalue weighted by atomic mass is 16.5. The second-order valence-electron chi connectivity index (χ2n) is 3.98. The van der Waals surface area contributed by atoms with E-state index < -0.39 is 6.04 Å². The Hall–Kier alpha value is -0.650.